The fourth-order valence-electron chi connectivity index (χ4n) is 2.72. The average molecular weight is 470 g/mol. The third-order valence-corrected chi connectivity index (χ3v) is 4.23. The molecule has 0 bridgehead atoms. The molecule has 0 aliphatic rings. The lowest BCUT2D eigenvalue weighted by atomic mass is 10.1. The van der Waals surface area contributed by atoms with Crippen LogP contribution in [0.2, 0.25) is 0 Å². The van der Waals surface area contributed by atoms with Gasteiger partial charge in [0.15, 0.2) is 0 Å². The van der Waals surface area contributed by atoms with Gasteiger partial charge >= 0.3 is 11.9 Å². The summed E-state index contributed by atoms with van der Waals surface area (Å²) in [5.41, 5.74) is 0.776. The molecule has 1 N–H and O–H groups in total. The summed E-state index contributed by atoms with van der Waals surface area (Å²) in [7, 11) is 1.96. The van der Waals surface area contributed by atoms with Crippen LogP contribution in [0.15, 0.2) is 24.3 Å². The van der Waals surface area contributed by atoms with Crippen molar-refractivity contribution in [3.63, 3.8) is 0 Å². The van der Waals surface area contributed by atoms with Gasteiger partial charge in [0.1, 0.15) is 5.60 Å². The minimum atomic E-state index is -0.920. The van der Waals surface area contributed by atoms with E-state index < -0.39 is 11.6 Å². The van der Waals surface area contributed by atoms with Gasteiger partial charge in [0.05, 0.1) is 64.8 Å². The number of carbonyl (C=O) groups excluding carboxylic acids is 1. The fourth-order valence-corrected chi connectivity index (χ4v) is 2.72. The van der Waals surface area contributed by atoms with E-state index in [0.29, 0.717) is 65.0 Å². The third-order valence-electron chi connectivity index (χ3n) is 4.23. The van der Waals surface area contributed by atoms with Crippen LogP contribution in [0.1, 0.15) is 43.1 Å². The van der Waals surface area contributed by atoms with Gasteiger partial charge in [-0.1, -0.05) is 12.1 Å². The van der Waals surface area contributed by atoms with Crippen molar-refractivity contribution in [1.29, 1.82) is 0 Å². The molecule has 188 valence electrons. The van der Waals surface area contributed by atoms with Gasteiger partial charge in [0, 0.05) is 13.1 Å². The van der Waals surface area contributed by atoms with Crippen LogP contribution in [-0.4, -0.2) is 94.0 Å². The van der Waals surface area contributed by atoms with Crippen LogP contribution in [0.3, 0.4) is 0 Å². The zero-order valence-electron chi connectivity index (χ0n) is 20.3. The number of carboxylic acid groups (broad SMARTS) is 1. The average Bonchev–Trinajstić information content (AvgIpc) is 2.72. The van der Waals surface area contributed by atoms with Gasteiger partial charge in [-0.25, -0.2) is 4.79 Å². The van der Waals surface area contributed by atoms with E-state index in [1.165, 1.54) is 0 Å². The quantitative estimate of drug-likeness (QED) is 0.257. The summed E-state index contributed by atoms with van der Waals surface area (Å²) in [4.78, 5) is 24.6. The monoisotopic (exact) mass is 469 g/mol. The van der Waals surface area contributed by atoms with E-state index in [2.05, 4.69) is 4.90 Å². The Kier molecular flexibility index (Phi) is 14.5. The number of rotatable bonds is 18. The van der Waals surface area contributed by atoms with Crippen LogP contribution in [0.5, 0.6) is 0 Å². The molecule has 0 aromatic heterocycles. The molecular formula is C24H39NO8. The smallest absolute Gasteiger partial charge is 0.335 e. The summed E-state index contributed by atoms with van der Waals surface area (Å²) in [5, 5.41) is 9.05. The Balaban J connectivity index is 1.89. The number of carbonyl (C=O) groups is 2. The number of esters is 1. The Labute approximate surface area is 196 Å². The number of ether oxygens (including phenoxy) is 5. The van der Waals surface area contributed by atoms with Crippen molar-refractivity contribution >= 4 is 11.9 Å². The van der Waals surface area contributed by atoms with Gasteiger partial charge in [-0.15, -0.1) is 0 Å². The van der Waals surface area contributed by atoms with Gasteiger partial charge in [-0.2, -0.15) is 0 Å². The molecule has 0 saturated carbocycles. The van der Waals surface area contributed by atoms with Gasteiger partial charge in [0.2, 0.25) is 0 Å². The summed E-state index contributed by atoms with van der Waals surface area (Å²) in [6.07, 6.45) is 0.230. The van der Waals surface area contributed by atoms with E-state index in [4.69, 9.17) is 28.8 Å². The molecule has 0 fully saturated rings. The van der Waals surface area contributed by atoms with Gasteiger partial charge in [-0.05, 0) is 45.5 Å². The molecule has 1 rings (SSSR count). The van der Waals surface area contributed by atoms with E-state index in [9.17, 15) is 9.59 Å². The van der Waals surface area contributed by atoms with Crippen molar-refractivity contribution < 1.29 is 38.4 Å². The van der Waals surface area contributed by atoms with Crippen LogP contribution in [-0.2, 0) is 35.0 Å². The van der Waals surface area contributed by atoms with Crippen molar-refractivity contribution in [3.05, 3.63) is 35.4 Å². The number of hydrogen-bond donors (Lipinski definition) is 1. The Hall–Kier alpha value is -2.04. The fraction of sp³-hybridized carbons (Fsp3) is 0.667. The summed E-state index contributed by atoms with van der Waals surface area (Å²) in [6, 6.07) is 6.94. The molecule has 1 aromatic rings. The lowest BCUT2D eigenvalue weighted by molar-refractivity contribution is -0.156. The molecular weight excluding hydrogens is 430 g/mol. The number of nitrogens with zero attached hydrogens (tertiary/aromatic N) is 1. The van der Waals surface area contributed by atoms with Crippen LogP contribution in [0.25, 0.3) is 0 Å². The number of carboxylic acids is 1. The molecule has 1 aromatic carbocycles. The highest BCUT2D eigenvalue weighted by Crippen LogP contribution is 2.08. The maximum atomic E-state index is 11.5. The Morgan fingerprint density at radius 2 is 1.42 bits per heavy atom. The predicted molar refractivity (Wildman–Crippen MR) is 123 cm³/mol. The molecule has 9 heteroatoms. The third kappa shape index (κ3) is 16.3. The summed E-state index contributed by atoms with van der Waals surface area (Å²) in [5.74, 6) is -1.19. The zero-order valence-corrected chi connectivity index (χ0v) is 20.3. The van der Waals surface area contributed by atoms with E-state index in [-0.39, 0.29) is 12.4 Å². The molecule has 0 heterocycles. The van der Waals surface area contributed by atoms with E-state index >= 15 is 0 Å². The lowest BCUT2D eigenvalue weighted by Crippen LogP contribution is -2.24. The van der Waals surface area contributed by atoms with Crippen molar-refractivity contribution in [2.75, 3.05) is 66.4 Å². The van der Waals surface area contributed by atoms with Crippen LogP contribution in [0.4, 0.5) is 0 Å². The van der Waals surface area contributed by atoms with Crippen molar-refractivity contribution in [2.24, 2.45) is 0 Å². The number of benzene rings is 1. The SMILES string of the molecule is CN(CCOCCOCCOCCOCCC(=O)OC(C)(C)C)Cc1cccc(C(=O)O)c1. The molecule has 0 aliphatic heterocycles. The van der Waals surface area contributed by atoms with E-state index in [1.807, 2.05) is 33.9 Å². The molecule has 0 atom stereocenters. The second-order valence-corrected chi connectivity index (χ2v) is 8.53. The van der Waals surface area contributed by atoms with Gasteiger partial charge < -0.3 is 28.8 Å². The molecule has 33 heavy (non-hydrogen) atoms. The number of aromatic carboxylic acids is 1. The maximum Gasteiger partial charge on any atom is 0.335 e. The highest BCUT2D eigenvalue weighted by Gasteiger charge is 2.15. The first-order valence-electron chi connectivity index (χ1n) is 11.2. The molecule has 0 amide bonds. The second kappa shape index (κ2) is 16.6. The molecule has 0 radical (unpaired) electrons. The standard InChI is InChI=1S/C24H39NO8/c1-24(2,3)33-22(26)8-10-29-12-14-31-16-17-32-15-13-30-11-9-25(4)19-20-6-5-7-21(18-20)23(27)28/h5-7,18H,8-17,19H2,1-4H3,(H,27,28). The first-order valence-corrected chi connectivity index (χ1v) is 11.2. The predicted octanol–water partition coefficient (Wildman–Crippen LogP) is 2.61. The van der Waals surface area contributed by atoms with Gasteiger partial charge in [-0.3, -0.25) is 9.69 Å². The topological polar surface area (TPSA) is 104 Å². The Bertz CT molecular complexity index is 689. The number of hydrogen-bond acceptors (Lipinski definition) is 8. The number of likely N-dealkylation sites (N-methyl/N-ethyl adjacent to an activating group) is 1. The van der Waals surface area contributed by atoms with Crippen molar-refractivity contribution in [2.45, 2.75) is 39.3 Å². The summed E-state index contributed by atoms with van der Waals surface area (Å²) < 4.78 is 27.0. The normalized spacial score (nSPS) is 11.7. The highest BCUT2D eigenvalue weighted by atomic mass is 16.6. The van der Waals surface area contributed by atoms with E-state index in [1.54, 1.807) is 18.2 Å². The highest BCUT2D eigenvalue weighted by molar-refractivity contribution is 5.87. The Morgan fingerprint density at radius 1 is 0.879 bits per heavy atom. The molecule has 0 saturated heterocycles. The molecule has 0 aliphatic carbocycles. The lowest BCUT2D eigenvalue weighted by Gasteiger charge is -2.19. The maximum absolute atomic E-state index is 11.5. The van der Waals surface area contributed by atoms with Crippen molar-refractivity contribution in [3.8, 4) is 0 Å². The zero-order chi connectivity index (χ0) is 24.5. The summed E-state index contributed by atoms with van der Waals surface area (Å²) >= 11 is 0. The minimum Gasteiger partial charge on any atom is -0.478 e. The second-order valence-electron chi connectivity index (χ2n) is 8.53. The van der Waals surface area contributed by atoms with Crippen LogP contribution < -0.4 is 0 Å². The first-order chi connectivity index (χ1) is 15.7. The Morgan fingerprint density at radius 3 is 1.97 bits per heavy atom. The molecule has 0 spiro atoms. The van der Waals surface area contributed by atoms with Gasteiger partial charge in [0.25, 0.3) is 0 Å². The van der Waals surface area contributed by atoms with E-state index in [0.717, 1.165) is 12.1 Å². The van der Waals surface area contributed by atoms with Crippen LogP contribution in [0, 0.1) is 0 Å². The largest absolute Gasteiger partial charge is 0.478 e. The van der Waals surface area contributed by atoms with Crippen LogP contribution >= 0.6 is 0 Å². The van der Waals surface area contributed by atoms with Crippen molar-refractivity contribution in [1.82, 2.24) is 4.90 Å². The minimum absolute atomic E-state index is 0.230. The summed E-state index contributed by atoms with van der Waals surface area (Å²) in [6.45, 7) is 10.5. The first kappa shape index (κ1) is 29.0. The molecule has 9 nitrogen and oxygen atoms in total. The molecule has 0 unspecified atom stereocenters.